The first kappa shape index (κ1) is 23.1. The fraction of sp³-hybridized carbons (Fsp3) is 0.154. The lowest BCUT2D eigenvalue weighted by atomic mass is 10.0. The molecular formula is C26H21F3N2O3. The fourth-order valence-corrected chi connectivity index (χ4v) is 3.74. The van der Waals surface area contributed by atoms with Crippen LogP contribution in [0.25, 0.3) is 5.57 Å². The normalized spacial score (nSPS) is 14.1. The van der Waals surface area contributed by atoms with Crippen molar-refractivity contribution in [3.8, 4) is 5.75 Å². The molecule has 2 amide bonds. The topological polar surface area (TPSA) is 58.6 Å². The van der Waals surface area contributed by atoms with Crippen LogP contribution in [0, 0.1) is 13.8 Å². The Morgan fingerprint density at radius 1 is 0.853 bits per heavy atom. The highest BCUT2D eigenvalue weighted by molar-refractivity contribution is 6.46. The van der Waals surface area contributed by atoms with E-state index in [2.05, 4.69) is 5.32 Å². The van der Waals surface area contributed by atoms with Crippen LogP contribution in [0.1, 0.15) is 22.3 Å². The summed E-state index contributed by atoms with van der Waals surface area (Å²) in [7, 11) is 1.43. The van der Waals surface area contributed by atoms with E-state index in [-0.39, 0.29) is 22.6 Å². The fourth-order valence-electron chi connectivity index (χ4n) is 3.74. The van der Waals surface area contributed by atoms with Gasteiger partial charge in [0.15, 0.2) is 0 Å². The Hall–Kier alpha value is -4.07. The molecule has 0 saturated heterocycles. The molecule has 0 aromatic heterocycles. The van der Waals surface area contributed by atoms with Gasteiger partial charge in [0.2, 0.25) is 0 Å². The van der Waals surface area contributed by atoms with Crippen molar-refractivity contribution in [2.45, 2.75) is 20.0 Å². The molecule has 0 unspecified atom stereocenters. The summed E-state index contributed by atoms with van der Waals surface area (Å²) in [6.07, 6.45) is -4.55. The number of ether oxygens (including phenoxy) is 1. The summed E-state index contributed by atoms with van der Waals surface area (Å²) in [5.74, 6) is -0.981. The van der Waals surface area contributed by atoms with E-state index in [1.54, 1.807) is 42.5 Å². The van der Waals surface area contributed by atoms with Crippen molar-refractivity contribution < 1.29 is 27.5 Å². The summed E-state index contributed by atoms with van der Waals surface area (Å²) in [6.45, 7) is 3.69. The standard InChI is InChI=1S/C26H21F3N2O3/c1-15-7-10-17(11-8-15)22-23(30-19-6-4-5-18(14-19)26(27,28)29)25(33)31(24(22)32)20-13-16(2)9-12-21(20)34-3/h4-14,30H,1-3H3. The maximum Gasteiger partial charge on any atom is 0.416 e. The summed E-state index contributed by atoms with van der Waals surface area (Å²) in [5, 5.41) is 2.78. The van der Waals surface area contributed by atoms with Crippen LogP contribution in [-0.2, 0) is 15.8 Å². The minimum atomic E-state index is -4.55. The maximum absolute atomic E-state index is 13.6. The number of alkyl halides is 3. The number of hydrogen-bond donors (Lipinski definition) is 1. The zero-order valence-corrected chi connectivity index (χ0v) is 18.7. The number of nitrogens with zero attached hydrogens (tertiary/aromatic N) is 1. The van der Waals surface area contributed by atoms with Gasteiger partial charge < -0.3 is 10.1 Å². The molecule has 0 radical (unpaired) electrons. The zero-order valence-electron chi connectivity index (χ0n) is 18.7. The molecule has 8 heteroatoms. The van der Waals surface area contributed by atoms with Crippen molar-refractivity contribution in [2.75, 3.05) is 17.3 Å². The summed E-state index contributed by atoms with van der Waals surface area (Å²) in [5.41, 5.74) is 1.58. The number of amides is 2. The molecule has 3 aromatic carbocycles. The molecule has 0 spiro atoms. The number of methoxy groups -OCH3 is 1. The van der Waals surface area contributed by atoms with Crippen LogP contribution in [-0.4, -0.2) is 18.9 Å². The van der Waals surface area contributed by atoms with Gasteiger partial charge in [-0.15, -0.1) is 0 Å². The van der Waals surface area contributed by atoms with Crippen molar-refractivity contribution >= 4 is 28.8 Å². The second kappa shape index (κ2) is 8.70. The Kier molecular flexibility index (Phi) is 5.91. The number of hydrogen-bond acceptors (Lipinski definition) is 4. The number of nitrogens with one attached hydrogen (secondary N) is 1. The highest BCUT2D eigenvalue weighted by Gasteiger charge is 2.41. The van der Waals surface area contributed by atoms with Gasteiger partial charge in [-0.1, -0.05) is 42.0 Å². The van der Waals surface area contributed by atoms with Crippen LogP contribution >= 0.6 is 0 Å². The Morgan fingerprint density at radius 3 is 2.18 bits per heavy atom. The predicted molar refractivity (Wildman–Crippen MR) is 123 cm³/mol. The average Bonchev–Trinajstić information content (AvgIpc) is 3.03. The number of benzene rings is 3. The van der Waals surface area contributed by atoms with Gasteiger partial charge in [0.05, 0.1) is 23.9 Å². The van der Waals surface area contributed by atoms with Crippen LogP contribution < -0.4 is 15.0 Å². The van der Waals surface area contributed by atoms with Gasteiger partial charge >= 0.3 is 6.18 Å². The largest absolute Gasteiger partial charge is 0.495 e. The van der Waals surface area contributed by atoms with Crippen molar-refractivity contribution in [2.24, 2.45) is 0 Å². The molecule has 5 nitrogen and oxygen atoms in total. The molecule has 4 rings (SSSR count). The second-order valence-corrected chi connectivity index (χ2v) is 7.94. The van der Waals surface area contributed by atoms with Crippen molar-refractivity contribution in [3.63, 3.8) is 0 Å². The minimum Gasteiger partial charge on any atom is -0.495 e. The molecule has 3 aromatic rings. The minimum absolute atomic E-state index is 0.0358. The lowest BCUT2D eigenvalue weighted by molar-refractivity contribution is -0.137. The molecule has 0 saturated carbocycles. The van der Waals surface area contributed by atoms with Crippen LogP contribution in [0.5, 0.6) is 5.75 Å². The highest BCUT2D eigenvalue weighted by Crippen LogP contribution is 2.39. The van der Waals surface area contributed by atoms with Crippen LogP contribution in [0.3, 0.4) is 0 Å². The van der Waals surface area contributed by atoms with E-state index in [4.69, 9.17) is 4.74 Å². The van der Waals surface area contributed by atoms with Gasteiger partial charge in [0, 0.05) is 5.69 Å². The number of carbonyl (C=O) groups is 2. The quantitative estimate of drug-likeness (QED) is 0.488. The van der Waals surface area contributed by atoms with E-state index in [0.29, 0.717) is 11.3 Å². The number of rotatable bonds is 5. The highest BCUT2D eigenvalue weighted by atomic mass is 19.4. The number of imide groups is 1. The van der Waals surface area contributed by atoms with Crippen LogP contribution in [0.2, 0.25) is 0 Å². The monoisotopic (exact) mass is 466 g/mol. The van der Waals surface area contributed by atoms with Gasteiger partial charge in [0.1, 0.15) is 11.4 Å². The van der Waals surface area contributed by atoms with Crippen LogP contribution in [0.4, 0.5) is 24.5 Å². The lowest BCUT2D eigenvalue weighted by Gasteiger charge is -2.19. The molecule has 1 heterocycles. The molecule has 1 N–H and O–H groups in total. The maximum atomic E-state index is 13.6. The van der Waals surface area contributed by atoms with E-state index in [9.17, 15) is 22.8 Å². The Balaban J connectivity index is 1.85. The van der Waals surface area contributed by atoms with E-state index < -0.39 is 23.6 Å². The van der Waals surface area contributed by atoms with Gasteiger partial charge in [-0.25, -0.2) is 4.90 Å². The smallest absolute Gasteiger partial charge is 0.416 e. The zero-order chi connectivity index (χ0) is 24.6. The van der Waals surface area contributed by atoms with E-state index in [1.165, 1.54) is 19.2 Å². The first-order chi connectivity index (χ1) is 16.1. The molecule has 0 fully saturated rings. The lowest BCUT2D eigenvalue weighted by Crippen LogP contribution is -2.32. The third-order valence-corrected chi connectivity index (χ3v) is 5.46. The molecule has 0 bridgehead atoms. The van der Waals surface area contributed by atoms with E-state index in [0.717, 1.165) is 28.2 Å². The number of aryl methyl sites for hydroxylation is 2. The van der Waals surface area contributed by atoms with E-state index >= 15 is 0 Å². The SMILES string of the molecule is COc1ccc(C)cc1N1C(=O)C(Nc2cccc(C(F)(F)F)c2)=C(c2ccc(C)cc2)C1=O. The third-order valence-electron chi connectivity index (χ3n) is 5.46. The summed E-state index contributed by atoms with van der Waals surface area (Å²) in [6, 6.07) is 16.5. The molecular weight excluding hydrogens is 445 g/mol. The molecule has 1 aliphatic rings. The Morgan fingerprint density at radius 2 is 1.53 bits per heavy atom. The summed E-state index contributed by atoms with van der Waals surface area (Å²) >= 11 is 0. The molecule has 0 atom stereocenters. The molecule has 174 valence electrons. The number of halogens is 3. The van der Waals surface area contributed by atoms with Crippen molar-refractivity contribution in [1.82, 2.24) is 0 Å². The van der Waals surface area contributed by atoms with Gasteiger partial charge in [0.25, 0.3) is 11.8 Å². The van der Waals surface area contributed by atoms with Gasteiger partial charge in [-0.05, 0) is 55.3 Å². The Bertz CT molecular complexity index is 1310. The van der Waals surface area contributed by atoms with E-state index in [1.807, 2.05) is 13.8 Å². The summed E-state index contributed by atoms with van der Waals surface area (Å²) < 4.78 is 45.0. The molecule has 0 aliphatic carbocycles. The second-order valence-electron chi connectivity index (χ2n) is 7.94. The van der Waals surface area contributed by atoms with Crippen LogP contribution in [0.15, 0.2) is 72.4 Å². The van der Waals surface area contributed by atoms with Crippen molar-refractivity contribution in [3.05, 3.63) is 94.7 Å². The Labute approximate surface area is 194 Å². The first-order valence-electron chi connectivity index (χ1n) is 10.4. The summed E-state index contributed by atoms with van der Waals surface area (Å²) in [4.78, 5) is 28.1. The molecule has 1 aliphatic heterocycles. The average molecular weight is 466 g/mol. The number of anilines is 2. The van der Waals surface area contributed by atoms with Gasteiger partial charge in [-0.2, -0.15) is 13.2 Å². The molecule has 34 heavy (non-hydrogen) atoms. The third kappa shape index (κ3) is 4.26. The van der Waals surface area contributed by atoms with Crippen molar-refractivity contribution in [1.29, 1.82) is 0 Å². The predicted octanol–water partition coefficient (Wildman–Crippen LogP) is 5.73. The van der Waals surface area contributed by atoms with Gasteiger partial charge in [-0.3, -0.25) is 9.59 Å². The number of carbonyl (C=O) groups excluding carboxylic acids is 2. The first-order valence-corrected chi connectivity index (χ1v) is 10.4.